The summed E-state index contributed by atoms with van der Waals surface area (Å²) in [6.07, 6.45) is 9.25. The summed E-state index contributed by atoms with van der Waals surface area (Å²) < 4.78 is 0. The molecule has 56 valence electrons. The summed E-state index contributed by atoms with van der Waals surface area (Å²) in [4.78, 5) is 1.94. The van der Waals surface area contributed by atoms with Crippen LogP contribution >= 0.6 is 0 Å². The van der Waals surface area contributed by atoms with Gasteiger partial charge in [-0.2, -0.15) is 0 Å². The monoisotopic (exact) mass is 145 g/mol. The van der Waals surface area contributed by atoms with Crippen LogP contribution in [-0.2, 0) is 0 Å². The van der Waals surface area contributed by atoms with Crippen LogP contribution in [0.25, 0.3) is 0 Å². The predicted octanol–water partition coefficient (Wildman–Crippen LogP) is 1.91. The van der Waals surface area contributed by atoms with Gasteiger partial charge in [-0.05, 0) is 18.6 Å². The zero-order valence-electron chi connectivity index (χ0n) is 6.89. The molecule has 0 bridgehead atoms. The molecule has 1 aliphatic heterocycles. The van der Waals surface area contributed by atoms with Crippen molar-refractivity contribution in [3.63, 3.8) is 0 Å². The second kappa shape index (κ2) is 2.67. The lowest BCUT2D eigenvalue weighted by molar-refractivity contribution is 0.575. The van der Waals surface area contributed by atoms with Crippen molar-refractivity contribution >= 4 is 0 Å². The Morgan fingerprint density at radius 1 is 1.64 bits per heavy atom. The van der Waals surface area contributed by atoms with Gasteiger partial charge in [-0.3, -0.25) is 0 Å². The third-order valence-electron chi connectivity index (χ3n) is 1.66. The average molecular weight is 145 g/mol. The van der Waals surface area contributed by atoms with Crippen LogP contribution in [0.5, 0.6) is 0 Å². The van der Waals surface area contributed by atoms with Crippen LogP contribution in [0.4, 0.5) is 0 Å². The van der Waals surface area contributed by atoms with Crippen molar-refractivity contribution in [2.45, 2.75) is 6.92 Å². The van der Waals surface area contributed by atoms with Crippen LogP contribution in [0.3, 0.4) is 0 Å². The van der Waals surface area contributed by atoms with Gasteiger partial charge >= 0.3 is 0 Å². The molecule has 1 aliphatic rings. The maximum atomic E-state index is 5.29. The molecule has 0 fully saturated rings. The lowest BCUT2D eigenvalue weighted by Crippen LogP contribution is -2.14. The Morgan fingerprint density at radius 2 is 2.27 bits per heavy atom. The van der Waals surface area contributed by atoms with Crippen LogP contribution in [-0.4, -0.2) is 11.9 Å². The summed E-state index contributed by atoms with van der Waals surface area (Å²) in [6.45, 7) is 5.87. The highest BCUT2D eigenvalue weighted by atomic mass is 15.1. The van der Waals surface area contributed by atoms with Crippen molar-refractivity contribution in [3.05, 3.63) is 35.7 Å². The Balaban J connectivity index is 3.05. The summed E-state index contributed by atoms with van der Waals surface area (Å²) in [5, 5.41) is 0. The zero-order valence-corrected chi connectivity index (χ0v) is 6.89. The van der Waals surface area contributed by atoms with Gasteiger partial charge in [0.05, 0.1) is 0 Å². The van der Waals surface area contributed by atoms with Crippen LogP contribution in [0.1, 0.15) is 6.92 Å². The second-order valence-electron chi connectivity index (χ2n) is 2.63. The van der Waals surface area contributed by atoms with Crippen molar-refractivity contribution in [1.82, 2.24) is 4.90 Å². The van der Waals surface area contributed by atoms with Gasteiger partial charge in [-0.25, -0.2) is 0 Å². The molecule has 0 amide bonds. The molecular weight excluding hydrogens is 134 g/mol. The van der Waals surface area contributed by atoms with E-state index < -0.39 is 0 Å². The Hall–Kier alpha value is -1.42. The van der Waals surface area contributed by atoms with Crippen molar-refractivity contribution < 1.29 is 0 Å². The minimum Gasteiger partial charge on any atom is -0.350 e. The molecule has 1 heterocycles. The van der Waals surface area contributed by atoms with E-state index in [4.69, 9.17) is 6.42 Å². The predicted molar refractivity (Wildman–Crippen MR) is 47.6 cm³/mol. The molecule has 0 unspecified atom stereocenters. The van der Waals surface area contributed by atoms with E-state index >= 15 is 0 Å². The highest BCUT2D eigenvalue weighted by Gasteiger charge is 2.08. The molecular formula is C10H11N. The first-order valence-electron chi connectivity index (χ1n) is 3.44. The summed E-state index contributed by atoms with van der Waals surface area (Å²) in [5.74, 6) is 2.59. The lowest BCUT2D eigenvalue weighted by Gasteiger charge is -2.21. The molecule has 1 nitrogen and oxygen atoms in total. The number of allylic oxidation sites excluding steroid dienone is 3. The first kappa shape index (κ1) is 7.68. The molecule has 0 aliphatic carbocycles. The summed E-state index contributed by atoms with van der Waals surface area (Å²) in [5.41, 5.74) is 2.92. The van der Waals surface area contributed by atoms with Gasteiger partial charge in [0.25, 0.3) is 0 Å². The lowest BCUT2D eigenvalue weighted by atomic mass is 10.1. The van der Waals surface area contributed by atoms with E-state index in [9.17, 15) is 0 Å². The maximum absolute atomic E-state index is 5.29. The third-order valence-corrected chi connectivity index (χ3v) is 1.66. The van der Waals surface area contributed by atoms with Crippen molar-refractivity contribution in [1.29, 1.82) is 0 Å². The standard InChI is InChI=1S/C10H11N/c1-5-10-6-8(2)7-11(4)9(10)3/h1,6-7H,3H2,2,4H3. The summed E-state index contributed by atoms with van der Waals surface area (Å²) >= 11 is 0. The molecule has 0 atom stereocenters. The Bertz CT molecular complexity index is 286. The van der Waals surface area contributed by atoms with Gasteiger partial charge in [-0.1, -0.05) is 12.5 Å². The molecule has 0 saturated heterocycles. The van der Waals surface area contributed by atoms with Crippen molar-refractivity contribution in [2.75, 3.05) is 7.05 Å². The Labute approximate surface area is 67.7 Å². The molecule has 1 rings (SSSR count). The van der Waals surface area contributed by atoms with E-state index in [1.54, 1.807) is 0 Å². The fraction of sp³-hybridized carbons (Fsp3) is 0.200. The first-order valence-corrected chi connectivity index (χ1v) is 3.44. The molecule has 0 aromatic carbocycles. The fourth-order valence-electron chi connectivity index (χ4n) is 1.05. The zero-order chi connectivity index (χ0) is 8.43. The van der Waals surface area contributed by atoms with Crippen LogP contribution < -0.4 is 0 Å². The van der Waals surface area contributed by atoms with E-state index in [2.05, 4.69) is 12.5 Å². The SMILES string of the molecule is C#CC1=CC(C)=CN(C)C1=C. The number of likely N-dealkylation sites (N-methyl/N-ethyl adjacent to an activating group) is 1. The van der Waals surface area contributed by atoms with E-state index in [-0.39, 0.29) is 0 Å². The fourth-order valence-corrected chi connectivity index (χ4v) is 1.05. The maximum Gasteiger partial charge on any atom is 0.0489 e. The van der Waals surface area contributed by atoms with E-state index in [0.29, 0.717) is 0 Å². The van der Waals surface area contributed by atoms with Gasteiger partial charge in [-0.15, -0.1) is 6.42 Å². The largest absolute Gasteiger partial charge is 0.350 e. The average Bonchev–Trinajstić information content (AvgIpc) is 1.96. The molecule has 0 spiro atoms. The Kier molecular flexibility index (Phi) is 1.87. The number of terminal acetylenes is 1. The van der Waals surface area contributed by atoms with Crippen LogP contribution in [0, 0.1) is 12.3 Å². The van der Waals surface area contributed by atoms with Gasteiger partial charge in [0.2, 0.25) is 0 Å². The molecule has 0 aromatic heterocycles. The van der Waals surface area contributed by atoms with E-state index in [1.165, 1.54) is 0 Å². The molecule has 0 aromatic rings. The quantitative estimate of drug-likeness (QED) is 0.471. The van der Waals surface area contributed by atoms with Gasteiger partial charge in [0.15, 0.2) is 0 Å². The molecule has 1 heteroatoms. The van der Waals surface area contributed by atoms with Crippen LogP contribution in [0.15, 0.2) is 35.7 Å². The normalized spacial score (nSPS) is 17.2. The van der Waals surface area contributed by atoms with Crippen molar-refractivity contribution in [2.24, 2.45) is 0 Å². The Morgan fingerprint density at radius 3 is 2.82 bits per heavy atom. The van der Waals surface area contributed by atoms with Crippen molar-refractivity contribution in [3.8, 4) is 12.3 Å². The van der Waals surface area contributed by atoms with E-state index in [1.807, 2.05) is 31.1 Å². The van der Waals surface area contributed by atoms with Crippen LogP contribution in [0.2, 0.25) is 0 Å². The second-order valence-corrected chi connectivity index (χ2v) is 2.63. The molecule has 0 saturated carbocycles. The third kappa shape index (κ3) is 1.35. The first-order chi connectivity index (χ1) is 5.15. The van der Waals surface area contributed by atoms with Gasteiger partial charge < -0.3 is 4.90 Å². The number of rotatable bonds is 0. The number of hydrogen-bond acceptors (Lipinski definition) is 1. The number of nitrogens with zero attached hydrogens (tertiary/aromatic N) is 1. The molecule has 11 heavy (non-hydrogen) atoms. The highest BCUT2D eigenvalue weighted by molar-refractivity contribution is 5.49. The van der Waals surface area contributed by atoms with Gasteiger partial charge in [0, 0.05) is 24.5 Å². The topological polar surface area (TPSA) is 3.24 Å². The van der Waals surface area contributed by atoms with Gasteiger partial charge in [0.1, 0.15) is 0 Å². The summed E-state index contributed by atoms with van der Waals surface area (Å²) in [6, 6.07) is 0. The minimum atomic E-state index is 0.868. The van der Waals surface area contributed by atoms with E-state index in [0.717, 1.165) is 16.8 Å². The summed E-state index contributed by atoms with van der Waals surface area (Å²) in [7, 11) is 1.94. The molecule has 0 radical (unpaired) electrons. The minimum absolute atomic E-state index is 0.868. The molecule has 0 N–H and O–H groups in total. The smallest absolute Gasteiger partial charge is 0.0489 e. The number of hydrogen-bond donors (Lipinski definition) is 0. The highest BCUT2D eigenvalue weighted by Crippen LogP contribution is 2.19.